The van der Waals surface area contributed by atoms with E-state index in [0.29, 0.717) is 24.1 Å². The molecule has 0 spiro atoms. The van der Waals surface area contributed by atoms with Gasteiger partial charge in [0.2, 0.25) is 11.8 Å². The number of amides is 2. The molecule has 0 aliphatic rings. The summed E-state index contributed by atoms with van der Waals surface area (Å²) in [5.41, 5.74) is 3.30. The number of nitrogens with one attached hydrogen (secondary N) is 3. The Morgan fingerprint density at radius 3 is 2.02 bits per heavy atom. The van der Waals surface area contributed by atoms with E-state index in [4.69, 9.17) is 0 Å². The average Bonchev–Trinajstić information content (AvgIpc) is 3.00. The van der Waals surface area contributed by atoms with Crippen molar-refractivity contribution in [3.8, 4) is 11.1 Å². The van der Waals surface area contributed by atoms with Crippen molar-refractivity contribution in [2.24, 2.45) is 0 Å². The number of anilines is 1. The molecule has 2 atom stereocenters. The highest BCUT2D eigenvalue weighted by atomic mass is 16.4. The molecular formula is C33H34N4O4. The number of carboxylic acid groups (broad SMARTS) is 1. The Morgan fingerprint density at radius 2 is 1.37 bits per heavy atom. The lowest BCUT2D eigenvalue weighted by Gasteiger charge is -2.23. The van der Waals surface area contributed by atoms with Crippen LogP contribution in [0.4, 0.5) is 5.82 Å². The minimum Gasteiger partial charge on any atom is -0.481 e. The first-order chi connectivity index (χ1) is 20.0. The van der Waals surface area contributed by atoms with Gasteiger partial charge >= 0.3 is 5.97 Å². The third-order valence-electron chi connectivity index (χ3n) is 6.62. The van der Waals surface area contributed by atoms with Gasteiger partial charge in [-0.3, -0.25) is 14.4 Å². The van der Waals surface area contributed by atoms with Crippen LogP contribution in [0.3, 0.4) is 0 Å². The standard InChI is InChI=1S/C33H34N4O4/c38-30(16-8-10-22-35-29-15-7-9-21-34-29)37-32(27-13-5-2-6-14-27)33(41)36-28(23-31(39)40)26-19-17-25(18-20-26)24-11-3-1-4-12-24/h1-7,9,11-15,17-21,28,32H,8,10,16,22-23H2,(H,34,35)(H,36,41)(H,37,38)(H,39,40)/t28?,32-/m0/s1. The van der Waals surface area contributed by atoms with Gasteiger partial charge < -0.3 is 21.1 Å². The molecule has 210 valence electrons. The molecule has 1 unspecified atom stereocenters. The summed E-state index contributed by atoms with van der Waals surface area (Å²) >= 11 is 0. The highest BCUT2D eigenvalue weighted by Crippen LogP contribution is 2.25. The predicted octanol–water partition coefficient (Wildman–Crippen LogP) is 5.52. The molecule has 4 rings (SSSR count). The summed E-state index contributed by atoms with van der Waals surface area (Å²) in [7, 11) is 0. The number of hydrogen-bond donors (Lipinski definition) is 4. The summed E-state index contributed by atoms with van der Waals surface area (Å²) < 4.78 is 0. The Kier molecular flexibility index (Phi) is 10.6. The lowest BCUT2D eigenvalue weighted by molar-refractivity contribution is -0.138. The van der Waals surface area contributed by atoms with Crippen molar-refractivity contribution in [2.75, 3.05) is 11.9 Å². The van der Waals surface area contributed by atoms with E-state index in [9.17, 15) is 19.5 Å². The van der Waals surface area contributed by atoms with Crippen molar-refractivity contribution in [3.63, 3.8) is 0 Å². The number of carbonyl (C=O) groups is 3. The molecule has 0 fully saturated rings. The Labute approximate surface area is 239 Å². The van der Waals surface area contributed by atoms with Crippen LogP contribution in [0.5, 0.6) is 0 Å². The van der Waals surface area contributed by atoms with Gasteiger partial charge in [0.25, 0.3) is 0 Å². The molecule has 1 heterocycles. The molecule has 4 aromatic rings. The van der Waals surface area contributed by atoms with Gasteiger partial charge in [-0.15, -0.1) is 0 Å². The number of unbranched alkanes of at least 4 members (excludes halogenated alkanes) is 1. The van der Waals surface area contributed by atoms with Crippen molar-refractivity contribution in [2.45, 2.75) is 37.8 Å². The number of nitrogens with zero attached hydrogens (tertiary/aromatic N) is 1. The smallest absolute Gasteiger partial charge is 0.305 e. The zero-order chi connectivity index (χ0) is 28.9. The molecule has 3 aromatic carbocycles. The summed E-state index contributed by atoms with van der Waals surface area (Å²) in [6.07, 6.45) is 3.05. The van der Waals surface area contributed by atoms with Gasteiger partial charge in [-0.05, 0) is 47.2 Å². The molecule has 0 aliphatic carbocycles. The lowest BCUT2D eigenvalue weighted by atomic mass is 9.98. The van der Waals surface area contributed by atoms with Crippen molar-refractivity contribution in [1.82, 2.24) is 15.6 Å². The van der Waals surface area contributed by atoms with Crippen molar-refractivity contribution in [1.29, 1.82) is 0 Å². The molecule has 1 aromatic heterocycles. The molecule has 0 bridgehead atoms. The minimum absolute atomic E-state index is 0.250. The van der Waals surface area contributed by atoms with Crippen LogP contribution in [0.15, 0.2) is 109 Å². The Hall–Kier alpha value is -4.98. The predicted molar refractivity (Wildman–Crippen MR) is 159 cm³/mol. The number of benzene rings is 3. The number of carboxylic acids is 1. The van der Waals surface area contributed by atoms with Crippen LogP contribution >= 0.6 is 0 Å². The van der Waals surface area contributed by atoms with Gasteiger partial charge in [0.1, 0.15) is 11.9 Å². The van der Waals surface area contributed by atoms with Gasteiger partial charge in [0, 0.05) is 19.2 Å². The molecule has 8 nitrogen and oxygen atoms in total. The molecule has 41 heavy (non-hydrogen) atoms. The van der Waals surface area contributed by atoms with Crippen molar-refractivity contribution >= 4 is 23.6 Å². The van der Waals surface area contributed by atoms with Gasteiger partial charge in [-0.25, -0.2) is 4.98 Å². The number of rotatable bonds is 14. The second-order valence-electron chi connectivity index (χ2n) is 9.66. The van der Waals surface area contributed by atoms with Crippen LogP contribution in [-0.2, 0) is 14.4 Å². The Bertz CT molecular complexity index is 1400. The molecular weight excluding hydrogens is 516 g/mol. The fraction of sp³-hybridized carbons (Fsp3) is 0.212. The molecule has 0 radical (unpaired) electrons. The fourth-order valence-corrected chi connectivity index (χ4v) is 4.49. The Balaban J connectivity index is 1.40. The van der Waals surface area contributed by atoms with E-state index >= 15 is 0 Å². The minimum atomic E-state index is -1.04. The summed E-state index contributed by atoms with van der Waals surface area (Å²) in [6, 6.07) is 30.1. The SMILES string of the molecule is O=C(O)CC(NC(=O)[C@@H](NC(=O)CCCCNc1ccccn1)c1ccccc1)c1ccc(-c2ccccc2)cc1. The third-order valence-corrected chi connectivity index (χ3v) is 6.62. The van der Waals surface area contributed by atoms with Crippen LogP contribution in [0.25, 0.3) is 11.1 Å². The van der Waals surface area contributed by atoms with E-state index in [1.165, 1.54) is 0 Å². The van der Waals surface area contributed by atoms with Crippen LogP contribution in [0, 0.1) is 0 Å². The maximum Gasteiger partial charge on any atom is 0.305 e. The van der Waals surface area contributed by atoms with E-state index in [0.717, 1.165) is 23.4 Å². The van der Waals surface area contributed by atoms with E-state index < -0.39 is 24.0 Å². The zero-order valence-corrected chi connectivity index (χ0v) is 22.7. The Morgan fingerprint density at radius 1 is 0.707 bits per heavy atom. The molecule has 0 saturated carbocycles. The van der Waals surface area contributed by atoms with Crippen LogP contribution in [-0.4, -0.2) is 34.4 Å². The third kappa shape index (κ3) is 9.03. The van der Waals surface area contributed by atoms with E-state index in [2.05, 4.69) is 20.9 Å². The second-order valence-corrected chi connectivity index (χ2v) is 9.66. The highest BCUT2D eigenvalue weighted by molar-refractivity contribution is 5.89. The highest BCUT2D eigenvalue weighted by Gasteiger charge is 2.26. The largest absolute Gasteiger partial charge is 0.481 e. The first-order valence-corrected chi connectivity index (χ1v) is 13.7. The van der Waals surface area contributed by atoms with Crippen LogP contribution in [0.1, 0.15) is 48.9 Å². The number of aliphatic carboxylic acids is 1. The fourth-order valence-electron chi connectivity index (χ4n) is 4.49. The van der Waals surface area contributed by atoms with Gasteiger partial charge in [-0.1, -0.05) is 91.0 Å². The van der Waals surface area contributed by atoms with Gasteiger partial charge in [0.05, 0.1) is 12.5 Å². The summed E-state index contributed by atoms with van der Waals surface area (Å²) in [5.74, 6) is -0.987. The summed E-state index contributed by atoms with van der Waals surface area (Å²) in [5, 5.41) is 18.5. The number of carbonyl (C=O) groups excluding carboxylic acids is 2. The lowest BCUT2D eigenvalue weighted by Crippen LogP contribution is -2.42. The zero-order valence-electron chi connectivity index (χ0n) is 22.7. The summed E-state index contributed by atoms with van der Waals surface area (Å²) in [4.78, 5) is 42.3. The topological polar surface area (TPSA) is 120 Å². The summed E-state index contributed by atoms with van der Waals surface area (Å²) in [6.45, 7) is 0.673. The first kappa shape index (κ1) is 29.0. The molecule has 0 aliphatic heterocycles. The normalized spacial score (nSPS) is 12.1. The molecule has 4 N–H and O–H groups in total. The number of pyridine rings is 1. The number of hydrogen-bond acceptors (Lipinski definition) is 5. The van der Waals surface area contributed by atoms with Gasteiger partial charge in [-0.2, -0.15) is 0 Å². The quantitative estimate of drug-likeness (QED) is 0.154. The maximum atomic E-state index is 13.5. The molecule has 2 amide bonds. The monoisotopic (exact) mass is 550 g/mol. The van der Waals surface area contributed by atoms with Crippen molar-refractivity contribution < 1.29 is 19.5 Å². The van der Waals surface area contributed by atoms with Crippen LogP contribution in [0.2, 0.25) is 0 Å². The maximum absolute atomic E-state index is 13.5. The average molecular weight is 551 g/mol. The van der Waals surface area contributed by atoms with E-state index in [-0.39, 0.29) is 18.7 Å². The second kappa shape index (κ2) is 15.0. The number of aromatic nitrogens is 1. The van der Waals surface area contributed by atoms with Crippen molar-refractivity contribution in [3.05, 3.63) is 120 Å². The molecule has 0 saturated heterocycles. The van der Waals surface area contributed by atoms with Gasteiger partial charge in [0.15, 0.2) is 0 Å². The first-order valence-electron chi connectivity index (χ1n) is 13.7. The van der Waals surface area contributed by atoms with Crippen LogP contribution < -0.4 is 16.0 Å². The van der Waals surface area contributed by atoms with E-state index in [1.54, 1.807) is 30.5 Å². The molecule has 8 heteroatoms. The van der Waals surface area contributed by atoms with E-state index in [1.807, 2.05) is 78.9 Å².